The van der Waals surface area contributed by atoms with Crippen molar-refractivity contribution in [3.05, 3.63) is 28.5 Å². The van der Waals surface area contributed by atoms with Crippen molar-refractivity contribution in [1.82, 2.24) is 4.31 Å². The van der Waals surface area contributed by atoms with Gasteiger partial charge in [0.15, 0.2) is 0 Å². The summed E-state index contributed by atoms with van der Waals surface area (Å²) in [6, 6.07) is 1.30. The summed E-state index contributed by atoms with van der Waals surface area (Å²) < 4.78 is 39.7. The van der Waals surface area contributed by atoms with Gasteiger partial charge in [0.1, 0.15) is 5.82 Å². The molecule has 1 aliphatic rings. The second-order valence-corrected chi connectivity index (χ2v) is 7.15. The Morgan fingerprint density at radius 1 is 1.48 bits per heavy atom. The summed E-state index contributed by atoms with van der Waals surface area (Å²) in [5.41, 5.74) is 5.15. The molecule has 21 heavy (non-hydrogen) atoms. The smallest absolute Gasteiger partial charge is 0.337 e. The van der Waals surface area contributed by atoms with Gasteiger partial charge in [-0.05, 0) is 25.0 Å². The average molecular weight is 337 g/mol. The maximum Gasteiger partial charge on any atom is 0.337 e. The summed E-state index contributed by atoms with van der Waals surface area (Å²) in [5.74, 6) is -2.58. The van der Waals surface area contributed by atoms with E-state index in [1.807, 2.05) is 0 Å². The van der Waals surface area contributed by atoms with Gasteiger partial charge in [0, 0.05) is 19.1 Å². The molecule has 1 fully saturated rings. The van der Waals surface area contributed by atoms with Crippen LogP contribution in [0.3, 0.4) is 0 Å². The van der Waals surface area contributed by atoms with Gasteiger partial charge >= 0.3 is 5.97 Å². The van der Waals surface area contributed by atoms with Crippen LogP contribution < -0.4 is 5.73 Å². The zero-order chi connectivity index (χ0) is 15.8. The number of rotatable bonds is 3. The zero-order valence-electron chi connectivity index (χ0n) is 10.9. The van der Waals surface area contributed by atoms with Crippen LogP contribution in [0.4, 0.5) is 4.39 Å². The minimum absolute atomic E-state index is 0.120. The molecule has 0 aromatic heterocycles. The summed E-state index contributed by atoms with van der Waals surface area (Å²) in [5, 5.41) is 8.34. The van der Waals surface area contributed by atoms with Crippen molar-refractivity contribution < 1.29 is 22.7 Å². The predicted molar refractivity (Wildman–Crippen MR) is 74.3 cm³/mol. The van der Waals surface area contributed by atoms with E-state index in [9.17, 15) is 17.6 Å². The van der Waals surface area contributed by atoms with Crippen molar-refractivity contribution in [3.63, 3.8) is 0 Å². The van der Waals surface area contributed by atoms with Crippen LogP contribution in [0.5, 0.6) is 0 Å². The summed E-state index contributed by atoms with van der Waals surface area (Å²) in [7, 11) is -4.00. The number of benzene rings is 1. The standard InChI is InChI=1S/C12H14ClFN2O4S/c13-11-9(12(17)18)4-8(5-10(11)14)21(19,20)16-3-1-2-7(15)6-16/h4-5,7H,1-3,6,15H2,(H,17,18). The molecule has 1 aromatic rings. The second-order valence-electron chi connectivity index (χ2n) is 4.84. The lowest BCUT2D eigenvalue weighted by Gasteiger charge is -2.30. The van der Waals surface area contributed by atoms with E-state index in [2.05, 4.69) is 0 Å². The monoisotopic (exact) mass is 336 g/mol. The van der Waals surface area contributed by atoms with Crippen LogP contribution in [0.2, 0.25) is 5.02 Å². The molecule has 1 saturated heterocycles. The van der Waals surface area contributed by atoms with Crippen molar-refractivity contribution in [3.8, 4) is 0 Å². The van der Waals surface area contributed by atoms with Gasteiger partial charge in [-0.25, -0.2) is 17.6 Å². The number of hydrogen-bond donors (Lipinski definition) is 2. The van der Waals surface area contributed by atoms with Crippen LogP contribution in [-0.2, 0) is 10.0 Å². The number of piperidine rings is 1. The molecule has 1 heterocycles. The molecule has 9 heteroatoms. The predicted octanol–water partition coefficient (Wildman–Crippen LogP) is 1.29. The molecule has 1 aliphatic heterocycles. The van der Waals surface area contributed by atoms with Crippen LogP contribution in [0, 0.1) is 5.82 Å². The number of halogens is 2. The molecule has 2 rings (SSSR count). The fourth-order valence-electron chi connectivity index (χ4n) is 2.21. The van der Waals surface area contributed by atoms with Crippen molar-refractivity contribution >= 4 is 27.6 Å². The third-order valence-electron chi connectivity index (χ3n) is 3.29. The average Bonchev–Trinajstić information content (AvgIpc) is 2.41. The molecule has 3 N–H and O–H groups in total. The zero-order valence-corrected chi connectivity index (χ0v) is 12.5. The Morgan fingerprint density at radius 3 is 2.71 bits per heavy atom. The number of hydrogen-bond acceptors (Lipinski definition) is 4. The van der Waals surface area contributed by atoms with E-state index in [-0.39, 0.29) is 19.1 Å². The molecule has 0 aliphatic carbocycles. The molecular weight excluding hydrogens is 323 g/mol. The molecule has 0 saturated carbocycles. The first-order chi connectivity index (χ1) is 9.73. The molecule has 0 radical (unpaired) electrons. The van der Waals surface area contributed by atoms with Crippen LogP contribution in [0.15, 0.2) is 17.0 Å². The first kappa shape index (κ1) is 16.2. The van der Waals surface area contributed by atoms with Crippen LogP contribution in [0.1, 0.15) is 23.2 Å². The van der Waals surface area contributed by atoms with Gasteiger partial charge in [0.2, 0.25) is 10.0 Å². The molecule has 6 nitrogen and oxygen atoms in total. The molecule has 1 aromatic carbocycles. The summed E-state index contributed by atoms with van der Waals surface area (Å²) >= 11 is 5.53. The number of carboxylic acid groups (broad SMARTS) is 1. The molecule has 0 spiro atoms. The van der Waals surface area contributed by atoms with E-state index in [0.29, 0.717) is 12.8 Å². The quantitative estimate of drug-likeness (QED) is 0.866. The second kappa shape index (κ2) is 5.88. The lowest BCUT2D eigenvalue weighted by Crippen LogP contribution is -2.45. The number of aromatic carboxylic acids is 1. The van der Waals surface area contributed by atoms with Gasteiger partial charge in [-0.15, -0.1) is 0 Å². The molecule has 116 valence electrons. The first-order valence-electron chi connectivity index (χ1n) is 6.21. The fourth-order valence-corrected chi connectivity index (χ4v) is 3.97. The van der Waals surface area contributed by atoms with Crippen molar-refractivity contribution in [1.29, 1.82) is 0 Å². The van der Waals surface area contributed by atoms with Crippen LogP contribution >= 0.6 is 11.6 Å². The fraction of sp³-hybridized carbons (Fsp3) is 0.417. The van der Waals surface area contributed by atoms with Gasteiger partial charge in [0.05, 0.1) is 15.5 Å². The van der Waals surface area contributed by atoms with Gasteiger partial charge in [0.25, 0.3) is 0 Å². The molecule has 1 atom stereocenters. The number of sulfonamides is 1. The lowest BCUT2D eigenvalue weighted by atomic mass is 10.1. The third kappa shape index (κ3) is 3.18. The molecule has 1 unspecified atom stereocenters. The molecular formula is C12H14ClFN2O4S. The van der Waals surface area contributed by atoms with E-state index in [1.54, 1.807) is 0 Å². The first-order valence-corrected chi connectivity index (χ1v) is 8.03. The Bertz CT molecular complexity index is 680. The Hall–Kier alpha value is -1.22. The van der Waals surface area contributed by atoms with E-state index < -0.39 is 37.3 Å². The van der Waals surface area contributed by atoms with Gasteiger partial charge < -0.3 is 10.8 Å². The van der Waals surface area contributed by atoms with E-state index >= 15 is 0 Å². The molecule has 0 amide bonds. The maximum absolute atomic E-state index is 13.7. The number of nitrogens with two attached hydrogens (primary N) is 1. The third-order valence-corrected chi connectivity index (χ3v) is 5.52. The Balaban J connectivity index is 2.47. The summed E-state index contributed by atoms with van der Waals surface area (Å²) in [6.07, 6.45) is 1.31. The van der Waals surface area contributed by atoms with E-state index in [0.717, 1.165) is 16.4 Å². The number of carbonyl (C=O) groups is 1. The van der Waals surface area contributed by atoms with E-state index in [4.69, 9.17) is 22.4 Å². The Morgan fingerprint density at radius 2 is 2.14 bits per heavy atom. The van der Waals surface area contributed by atoms with Gasteiger partial charge in [-0.1, -0.05) is 11.6 Å². The highest BCUT2D eigenvalue weighted by atomic mass is 35.5. The summed E-state index contributed by atoms with van der Waals surface area (Å²) in [6.45, 7) is 0.387. The minimum Gasteiger partial charge on any atom is -0.478 e. The van der Waals surface area contributed by atoms with Crippen LogP contribution in [-0.4, -0.2) is 42.9 Å². The van der Waals surface area contributed by atoms with E-state index in [1.165, 1.54) is 0 Å². The highest BCUT2D eigenvalue weighted by molar-refractivity contribution is 7.89. The minimum atomic E-state index is -4.00. The summed E-state index contributed by atoms with van der Waals surface area (Å²) in [4.78, 5) is 10.6. The van der Waals surface area contributed by atoms with Crippen molar-refractivity contribution in [2.45, 2.75) is 23.8 Å². The topological polar surface area (TPSA) is 101 Å². The number of carboxylic acids is 1. The molecule has 0 bridgehead atoms. The van der Waals surface area contributed by atoms with Crippen molar-refractivity contribution in [2.24, 2.45) is 5.73 Å². The SMILES string of the molecule is NC1CCCN(S(=O)(=O)c2cc(F)c(Cl)c(C(=O)O)c2)C1. The largest absolute Gasteiger partial charge is 0.478 e. The Kier molecular flexibility index (Phi) is 4.52. The highest BCUT2D eigenvalue weighted by Crippen LogP contribution is 2.27. The van der Waals surface area contributed by atoms with Crippen molar-refractivity contribution in [2.75, 3.05) is 13.1 Å². The number of nitrogens with zero attached hydrogens (tertiary/aromatic N) is 1. The normalized spacial score (nSPS) is 20.4. The van der Waals surface area contributed by atoms with Gasteiger partial charge in [-0.3, -0.25) is 0 Å². The highest BCUT2D eigenvalue weighted by Gasteiger charge is 2.30. The van der Waals surface area contributed by atoms with Crippen LogP contribution in [0.25, 0.3) is 0 Å². The Labute approximate surface area is 126 Å². The van der Waals surface area contributed by atoms with Gasteiger partial charge in [-0.2, -0.15) is 4.31 Å². The lowest BCUT2D eigenvalue weighted by molar-refractivity contribution is 0.0696. The maximum atomic E-state index is 13.7.